The molecule has 2 rings (SSSR count). The Morgan fingerprint density at radius 3 is 2.83 bits per heavy atom. The van der Waals surface area contributed by atoms with Gasteiger partial charge in [-0.05, 0) is 30.5 Å². The van der Waals surface area contributed by atoms with E-state index in [1.54, 1.807) is 18.0 Å². The van der Waals surface area contributed by atoms with Crippen LogP contribution in [0.25, 0.3) is 0 Å². The molecule has 94 valence electrons. The van der Waals surface area contributed by atoms with Crippen molar-refractivity contribution < 1.29 is 9.15 Å². The van der Waals surface area contributed by atoms with Crippen LogP contribution in [0.1, 0.15) is 11.3 Å². The zero-order valence-corrected chi connectivity index (χ0v) is 11.5. The zero-order chi connectivity index (χ0) is 13.0. The number of benzene rings is 1. The lowest BCUT2D eigenvalue weighted by atomic mass is 10.2. The number of thiocarbonyl (C=S) groups is 1. The molecule has 0 aliphatic rings. The fourth-order valence-electron chi connectivity index (χ4n) is 1.59. The first-order chi connectivity index (χ1) is 8.72. The zero-order valence-electron chi connectivity index (χ0n) is 9.88. The third kappa shape index (κ3) is 2.86. The quantitative estimate of drug-likeness (QED) is 0.672. The number of nitrogens with two attached hydrogens (primary N) is 1. The Kier molecular flexibility index (Phi) is 4.28. The first-order valence-corrected chi connectivity index (χ1v) is 6.97. The van der Waals surface area contributed by atoms with Crippen molar-refractivity contribution in [1.82, 2.24) is 0 Å². The van der Waals surface area contributed by atoms with E-state index in [-0.39, 0.29) is 0 Å². The molecule has 5 heteroatoms. The summed E-state index contributed by atoms with van der Waals surface area (Å²) in [5.41, 5.74) is 6.54. The molecule has 2 N–H and O–H groups in total. The van der Waals surface area contributed by atoms with Crippen LogP contribution in [0.4, 0.5) is 0 Å². The van der Waals surface area contributed by atoms with Gasteiger partial charge < -0.3 is 14.9 Å². The predicted octanol–water partition coefficient (Wildman–Crippen LogP) is 3.21. The molecular formula is C13H13NO2S2. The highest BCUT2D eigenvalue weighted by molar-refractivity contribution is 7.98. The minimum atomic E-state index is 0.342. The molecule has 0 atom stereocenters. The molecule has 0 saturated heterocycles. The first kappa shape index (κ1) is 13.0. The summed E-state index contributed by atoms with van der Waals surface area (Å²) in [6.07, 6.45) is 3.60. The summed E-state index contributed by atoms with van der Waals surface area (Å²) in [5, 5.41) is 0. The lowest BCUT2D eigenvalue weighted by molar-refractivity contribution is 0.269. The molecule has 2 aromatic rings. The second-order valence-corrected chi connectivity index (χ2v) is 4.85. The van der Waals surface area contributed by atoms with Gasteiger partial charge in [-0.15, -0.1) is 11.8 Å². The number of hydrogen-bond acceptors (Lipinski definition) is 4. The highest BCUT2D eigenvalue weighted by atomic mass is 32.2. The lowest BCUT2D eigenvalue weighted by Crippen LogP contribution is -2.13. The molecule has 18 heavy (non-hydrogen) atoms. The number of hydrogen-bond donors (Lipinski definition) is 1. The third-order valence-electron chi connectivity index (χ3n) is 2.40. The summed E-state index contributed by atoms with van der Waals surface area (Å²) in [4.78, 5) is 1.36. The highest BCUT2D eigenvalue weighted by Gasteiger charge is 2.12. The second-order valence-electron chi connectivity index (χ2n) is 3.57. The minimum absolute atomic E-state index is 0.342. The van der Waals surface area contributed by atoms with Gasteiger partial charge in [0.05, 0.1) is 11.8 Å². The monoisotopic (exact) mass is 279 g/mol. The molecule has 0 unspecified atom stereocenters. The number of furan rings is 1. The Hall–Kier alpha value is -1.46. The van der Waals surface area contributed by atoms with E-state index in [4.69, 9.17) is 27.1 Å². The van der Waals surface area contributed by atoms with Gasteiger partial charge in [0.2, 0.25) is 0 Å². The highest BCUT2D eigenvalue weighted by Crippen LogP contribution is 2.29. The average Bonchev–Trinajstić information content (AvgIpc) is 2.88. The van der Waals surface area contributed by atoms with E-state index in [2.05, 4.69) is 0 Å². The lowest BCUT2D eigenvalue weighted by Gasteiger charge is -2.12. The topological polar surface area (TPSA) is 48.4 Å². The van der Waals surface area contributed by atoms with E-state index in [0.717, 1.165) is 16.2 Å². The summed E-state index contributed by atoms with van der Waals surface area (Å²) in [5.74, 6) is 1.45. The smallest absolute Gasteiger partial charge is 0.146 e. The maximum absolute atomic E-state index is 5.75. The molecular weight excluding hydrogens is 266 g/mol. The molecule has 0 aliphatic heterocycles. The number of ether oxygens (including phenoxy) is 1. The third-order valence-corrected chi connectivity index (χ3v) is 3.39. The fourth-order valence-corrected chi connectivity index (χ4v) is 2.49. The van der Waals surface area contributed by atoms with Gasteiger partial charge >= 0.3 is 0 Å². The van der Waals surface area contributed by atoms with Crippen molar-refractivity contribution in [2.75, 3.05) is 6.26 Å². The van der Waals surface area contributed by atoms with Crippen molar-refractivity contribution in [3.63, 3.8) is 0 Å². The van der Waals surface area contributed by atoms with Crippen molar-refractivity contribution in [3.05, 3.63) is 47.9 Å². The van der Waals surface area contributed by atoms with Gasteiger partial charge in [0.1, 0.15) is 23.1 Å². The van der Waals surface area contributed by atoms with Crippen molar-refractivity contribution in [2.24, 2.45) is 5.73 Å². The molecule has 0 saturated carbocycles. The molecule has 1 aromatic heterocycles. The largest absolute Gasteiger partial charge is 0.485 e. The maximum atomic E-state index is 5.75. The molecule has 1 aromatic carbocycles. The van der Waals surface area contributed by atoms with Gasteiger partial charge in [-0.1, -0.05) is 18.3 Å². The van der Waals surface area contributed by atoms with Crippen LogP contribution in [0, 0.1) is 0 Å². The van der Waals surface area contributed by atoms with E-state index in [0.29, 0.717) is 17.3 Å². The van der Waals surface area contributed by atoms with Crippen LogP contribution < -0.4 is 10.5 Å². The molecule has 1 heterocycles. The van der Waals surface area contributed by atoms with E-state index in [1.807, 2.05) is 36.6 Å². The van der Waals surface area contributed by atoms with E-state index in [9.17, 15) is 0 Å². The van der Waals surface area contributed by atoms with Gasteiger partial charge in [-0.3, -0.25) is 0 Å². The molecule has 0 aliphatic carbocycles. The van der Waals surface area contributed by atoms with Crippen LogP contribution in [0.2, 0.25) is 0 Å². The number of rotatable bonds is 5. The van der Waals surface area contributed by atoms with Crippen LogP contribution in [0.15, 0.2) is 45.9 Å². The summed E-state index contributed by atoms with van der Waals surface area (Å²) in [7, 11) is 0. The van der Waals surface area contributed by atoms with Gasteiger partial charge in [0, 0.05) is 4.90 Å². The molecule has 3 nitrogen and oxygen atoms in total. The predicted molar refractivity (Wildman–Crippen MR) is 77.2 cm³/mol. The van der Waals surface area contributed by atoms with Crippen LogP contribution in [-0.4, -0.2) is 11.2 Å². The fraction of sp³-hybridized carbons (Fsp3) is 0.154. The Labute approximate surface area is 115 Å². The van der Waals surface area contributed by atoms with E-state index < -0.39 is 0 Å². The Morgan fingerprint density at radius 2 is 2.22 bits per heavy atom. The molecule has 0 fully saturated rings. The van der Waals surface area contributed by atoms with Gasteiger partial charge in [0.15, 0.2) is 0 Å². The number of thioether (sulfide) groups is 1. The van der Waals surface area contributed by atoms with Crippen LogP contribution in [0.5, 0.6) is 5.75 Å². The molecule has 0 amide bonds. The van der Waals surface area contributed by atoms with Gasteiger partial charge in [-0.2, -0.15) is 0 Å². The van der Waals surface area contributed by atoms with Gasteiger partial charge in [0.25, 0.3) is 0 Å². The Morgan fingerprint density at radius 1 is 1.39 bits per heavy atom. The van der Waals surface area contributed by atoms with Crippen molar-refractivity contribution in [3.8, 4) is 5.75 Å². The SMILES string of the molecule is CSc1cccc(OCc2ccco2)c1C(N)=S. The van der Waals surface area contributed by atoms with Crippen LogP contribution in [0.3, 0.4) is 0 Å². The van der Waals surface area contributed by atoms with Crippen LogP contribution in [-0.2, 0) is 6.61 Å². The average molecular weight is 279 g/mol. The maximum Gasteiger partial charge on any atom is 0.146 e. The summed E-state index contributed by atoms with van der Waals surface area (Å²) >= 11 is 6.67. The Balaban J connectivity index is 2.24. The summed E-state index contributed by atoms with van der Waals surface area (Å²) in [6, 6.07) is 9.44. The Bertz CT molecular complexity index is 538. The molecule has 0 spiro atoms. The van der Waals surface area contributed by atoms with Crippen LogP contribution >= 0.6 is 24.0 Å². The van der Waals surface area contributed by atoms with E-state index >= 15 is 0 Å². The normalized spacial score (nSPS) is 10.3. The standard InChI is InChI=1S/C13H13NO2S2/c1-18-11-6-2-5-10(12(11)13(14)17)16-8-9-4-3-7-15-9/h2-7H,8H2,1H3,(H2,14,17). The molecule has 0 bridgehead atoms. The first-order valence-electron chi connectivity index (χ1n) is 5.34. The second kappa shape index (κ2) is 5.93. The summed E-state index contributed by atoms with van der Waals surface area (Å²) in [6.45, 7) is 0.362. The minimum Gasteiger partial charge on any atom is -0.485 e. The van der Waals surface area contributed by atoms with Crippen molar-refractivity contribution in [1.29, 1.82) is 0 Å². The van der Waals surface area contributed by atoms with E-state index in [1.165, 1.54) is 0 Å². The summed E-state index contributed by atoms with van der Waals surface area (Å²) < 4.78 is 10.9. The van der Waals surface area contributed by atoms with Crippen molar-refractivity contribution >= 4 is 29.0 Å². The van der Waals surface area contributed by atoms with Crippen molar-refractivity contribution in [2.45, 2.75) is 11.5 Å². The van der Waals surface area contributed by atoms with Gasteiger partial charge in [-0.25, -0.2) is 0 Å². The molecule has 0 radical (unpaired) electrons.